The predicted octanol–water partition coefficient (Wildman–Crippen LogP) is 3.43. The Labute approximate surface area is 138 Å². The standard InChI is InChI=1S/C19H16N2O3/c1-10(2)9-20-19(23)14-8-7-13-15-16(14)21-24-18(15)12-6-4-3-5-11(12)17(13)22/h3-8,10H,9H2,1-2H3,(H,20,23). The van der Waals surface area contributed by atoms with E-state index in [9.17, 15) is 9.59 Å². The Morgan fingerprint density at radius 1 is 1.12 bits per heavy atom. The number of ketones is 1. The Morgan fingerprint density at radius 2 is 1.88 bits per heavy atom. The Hall–Kier alpha value is -2.95. The van der Waals surface area contributed by atoms with Crippen LogP contribution in [0.1, 0.15) is 40.1 Å². The molecule has 1 heterocycles. The molecule has 0 atom stereocenters. The summed E-state index contributed by atoms with van der Waals surface area (Å²) in [5.41, 5.74) is 2.71. The minimum Gasteiger partial charge on any atom is -0.355 e. The third-order valence-electron chi connectivity index (χ3n) is 4.21. The Morgan fingerprint density at radius 3 is 2.62 bits per heavy atom. The molecule has 0 unspecified atom stereocenters. The number of fused-ring (bicyclic) bond motifs is 2. The summed E-state index contributed by atoms with van der Waals surface area (Å²) in [6.07, 6.45) is 0. The predicted molar refractivity (Wildman–Crippen MR) is 90.0 cm³/mol. The summed E-state index contributed by atoms with van der Waals surface area (Å²) in [5.74, 6) is 0.625. The molecule has 0 saturated carbocycles. The van der Waals surface area contributed by atoms with Crippen LogP contribution in [0.5, 0.6) is 0 Å². The van der Waals surface area contributed by atoms with Crippen molar-refractivity contribution in [2.24, 2.45) is 5.92 Å². The lowest BCUT2D eigenvalue weighted by atomic mass is 9.87. The number of benzene rings is 2. The number of carbonyl (C=O) groups excluding carboxylic acids is 2. The summed E-state index contributed by atoms with van der Waals surface area (Å²) in [6, 6.07) is 10.6. The van der Waals surface area contributed by atoms with E-state index in [0.29, 0.717) is 45.8 Å². The van der Waals surface area contributed by atoms with Gasteiger partial charge < -0.3 is 9.84 Å². The largest absolute Gasteiger partial charge is 0.355 e. The summed E-state index contributed by atoms with van der Waals surface area (Å²) in [7, 11) is 0. The third-order valence-corrected chi connectivity index (χ3v) is 4.21. The molecule has 1 amide bonds. The molecule has 0 radical (unpaired) electrons. The first-order valence-electron chi connectivity index (χ1n) is 7.92. The summed E-state index contributed by atoms with van der Waals surface area (Å²) in [4.78, 5) is 25.2. The van der Waals surface area contributed by atoms with E-state index >= 15 is 0 Å². The van der Waals surface area contributed by atoms with Crippen LogP contribution in [0.2, 0.25) is 0 Å². The quantitative estimate of drug-likeness (QED) is 0.628. The third kappa shape index (κ3) is 2.05. The van der Waals surface area contributed by atoms with E-state index in [1.807, 2.05) is 32.0 Å². The van der Waals surface area contributed by atoms with Gasteiger partial charge >= 0.3 is 0 Å². The molecule has 2 aromatic carbocycles. The molecule has 5 nitrogen and oxygen atoms in total. The van der Waals surface area contributed by atoms with Gasteiger partial charge in [-0.2, -0.15) is 0 Å². The molecule has 1 N–H and O–H groups in total. The van der Waals surface area contributed by atoms with Crippen LogP contribution in [0.15, 0.2) is 40.9 Å². The van der Waals surface area contributed by atoms with Gasteiger partial charge in [-0.15, -0.1) is 0 Å². The molecule has 0 spiro atoms. The van der Waals surface area contributed by atoms with Crippen LogP contribution in [-0.4, -0.2) is 23.4 Å². The lowest BCUT2D eigenvalue weighted by molar-refractivity contribution is 0.0949. The molecule has 4 rings (SSSR count). The van der Waals surface area contributed by atoms with E-state index in [0.717, 1.165) is 5.56 Å². The molecule has 0 saturated heterocycles. The van der Waals surface area contributed by atoms with Crippen LogP contribution < -0.4 is 5.32 Å². The maximum atomic E-state index is 12.7. The molecule has 120 valence electrons. The van der Waals surface area contributed by atoms with E-state index in [-0.39, 0.29) is 11.7 Å². The second-order valence-corrected chi connectivity index (χ2v) is 6.37. The van der Waals surface area contributed by atoms with E-state index in [2.05, 4.69) is 10.5 Å². The Kier molecular flexibility index (Phi) is 3.23. The van der Waals surface area contributed by atoms with Crippen LogP contribution in [0, 0.1) is 5.92 Å². The van der Waals surface area contributed by atoms with Crippen LogP contribution >= 0.6 is 0 Å². The summed E-state index contributed by atoms with van der Waals surface area (Å²) in [6.45, 7) is 4.64. The lowest BCUT2D eigenvalue weighted by Gasteiger charge is -2.14. The highest BCUT2D eigenvalue weighted by molar-refractivity contribution is 6.26. The van der Waals surface area contributed by atoms with Gasteiger partial charge in [0.15, 0.2) is 11.5 Å². The monoisotopic (exact) mass is 320 g/mol. The fourth-order valence-electron chi connectivity index (χ4n) is 3.03. The zero-order valence-corrected chi connectivity index (χ0v) is 13.4. The molecular formula is C19H16N2O3. The number of rotatable bonds is 3. The summed E-state index contributed by atoms with van der Waals surface area (Å²) in [5, 5.41) is 7.59. The average Bonchev–Trinajstić information content (AvgIpc) is 3.03. The average molecular weight is 320 g/mol. The zero-order valence-electron chi connectivity index (χ0n) is 13.4. The first-order chi connectivity index (χ1) is 11.6. The van der Waals surface area contributed by atoms with Gasteiger partial charge in [-0.25, -0.2) is 0 Å². The first kappa shape index (κ1) is 14.6. The highest BCUT2D eigenvalue weighted by Crippen LogP contribution is 2.40. The molecule has 24 heavy (non-hydrogen) atoms. The van der Waals surface area contributed by atoms with Gasteiger partial charge in [0.05, 0.1) is 10.9 Å². The van der Waals surface area contributed by atoms with Gasteiger partial charge in [-0.05, 0) is 18.1 Å². The fraction of sp³-hybridized carbons (Fsp3) is 0.211. The van der Waals surface area contributed by atoms with Crippen LogP contribution in [0.4, 0.5) is 0 Å². The number of hydrogen-bond donors (Lipinski definition) is 1. The van der Waals surface area contributed by atoms with E-state index in [1.54, 1.807) is 18.2 Å². The number of nitrogens with zero attached hydrogens (tertiary/aromatic N) is 1. The Bertz CT molecular complexity index is 985. The maximum Gasteiger partial charge on any atom is 0.253 e. The molecule has 0 fully saturated rings. The molecule has 0 aliphatic heterocycles. The number of carbonyl (C=O) groups is 2. The van der Waals surface area contributed by atoms with Crippen LogP contribution in [-0.2, 0) is 0 Å². The maximum absolute atomic E-state index is 12.7. The second-order valence-electron chi connectivity index (χ2n) is 6.37. The molecule has 3 aromatic rings. The van der Waals surface area contributed by atoms with Crippen molar-refractivity contribution in [3.63, 3.8) is 0 Å². The number of amides is 1. The van der Waals surface area contributed by atoms with E-state index in [4.69, 9.17) is 4.52 Å². The van der Waals surface area contributed by atoms with Gasteiger partial charge in [0, 0.05) is 23.2 Å². The van der Waals surface area contributed by atoms with Crippen molar-refractivity contribution in [3.8, 4) is 11.3 Å². The SMILES string of the molecule is CC(C)CNC(=O)c1ccc2c3c(onc13)-c1ccccc1C2=O. The number of aromatic nitrogens is 1. The van der Waals surface area contributed by atoms with Gasteiger partial charge in [0.2, 0.25) is 0 Å². The molecule has 1 aromatic heterocycles. The second kappa shape index (κ2) is 5.30. The summed E-state index contributed by atoms with van der Waals surface area (Å²) >= 11 is 0. The van der Waals surface area contributed by atoms with Crippen LogP contribution in [0.3, 0.4) is 0 Å². The number of hydrogen-bond acceptors (Lipinski definition) is 4. The zero-order chi connectivity index (χ0) is 16.8. The summed E-state index contributed by atoms with van der Waals surface area (Å²) < 4.78 is 5.51. The first-order valence-corrected chi connectivity index (χ1v) is 7.92. The van der Waals surface area contributed by atoms with Crippen molar-refractivity contribution in [2.75, 3.05) is 6.54 Å². The molecule has 1 aliphatic carbocycles. The molecule has 1 aliphatic rings. The van der Waals surface area contributed by atoms with Crippen molar-refractivity contribution >= 4 is 22.6 Å². The topological polar surface area (TPSA) is 72.2 Å². The smallest absolute Gasteiger partial charge is 0.253 e. The van der Waals surface area contributed by atoms with E-state index < -0.39 is 0 Å². The van der Waals surface area contributed by atoms with E-state index in [1.165, 1.54) is 0 Å². The molecule has 5 heteroatoms. The lowest BCUT2D eigenvalue weighted by Crippen LogP contribution is -2.27. The highest BCUT2D eigenvalue weighted by atomic mass is 16.5. The minimum atomic E-state index is -0.207. The van der Waals surface area contributed by atoms with Gasteiger partial charge in [0.1, 0.15) is 5.52 Å². The minimum absolute atomic E-state index is 0.0690. The normalized spacial score (nSPS) is 12.5. The van der Waals surface area contributed by atoms with Crippen molar-refractivity contribution in [2.45, 2.75) is 13.8 Å². The Balaban J connectivity index is 1.89. The van der Waals surface area contributed by atoms with Gasteiger partial charge in [-0.3, -0.25) is 9.59 Å². The van der Waals surface area contributed by atoms with Crippen molar-refractivity contribution in [1.29, 1.82) is 0 Å². The highest BCUT2D eigenvalue weighted by Gasteiger charge is 2.30. The van der Waals surface area contributed by atoms with Crippen molar-refractivity contribution in [1.82, 2.24) is 10.5 Å². The van der Waals surface area contributed by atoms with Crippen molar-refractivity contribution in [3.05, 3.63) is 53.1 Å². The van der Waals surface area contributed by atoms with Gasteiger partial charge in [-0.1, -0.05) is 43.3 Å². The fourth-order valence-corrected chi connectivity index (χ4v) is 3.03. The van der Waals surface area contributed by atoms with Crippen molar-refractivity contribution < 1.29 is 14.1 Å². The molecule has 0 bridgehead atoms. The number of nitrogens with one attached hydrogen (secondary N) is 1. The van der Waals surface area contributed by atoms with Crippen LogP contribution in [0.25, 0.3) is 22.2 Å². The molecular weight excluding hydrogens is 304 g/mol. The van der Waals surface area contributed by atoms with Gasteiger partial charge in [0.25, 0.3) is 5.91 Å².